The number of rotatable bonds is 5. The lowest BCUT2D eigenvalue weighted by Crippen LogP contribution is -2.27. The summed E-state index contributed by atoms with van der Waals surface area (Å²) >= 11 is 0. The highest BCUT2D eigenvalue weighted by molar-refractivity contribution is 5.95. The number of aromatic carboxylic acids is 1. The second kappa shape index (κ2) is 6.51. The minimum atomic E-state index is -1.11. The van der Waals surface area contributed by atoms with E-state index < -0.39 is 17.7 Å². The number of ether oxygens (including phenoxy) is 2. The van der Waals surface area contributed by atoms with Crippen LogP contribution < -0.4 is 10.1 Å². The Labute approximate surface area is 123 Å². The van der Waals surface area contributed by atoms with Crippen LogP contribution in [0.2, 0.25) is 0 Å². The Hall–Kier alpha value is -2.18. The van der Waals surface area contributed by atoms with Crippen molar-refractivity contribution >= 4 is 17.7 Å². The summed E-state index contributed by atoms with van der Waals surface area (Å²) in [6, 6.07) is 0. The SMILES string of the molecule is CCCn1cc(NC(=O)OC(C)(C)C)c(OC)c1C(=O)O. The van der Waals surface area contributed by atoms with Crippen molar-refractivity contribution in [1.29, 1.82) is 0 Å². The van der Waals surface area contributed by atoms with Crippen LogP contribution in [0.3, 0.4) is 0 Å². The molecule has 7 nitrogen and oxygen atoms in total. The number of aromatic nitrogens is 1. The topological polar surface area (TPSA) is 89.8 Å². The highest BCUT2D eigenvalue weighted by atomic mass is 16.6. The number of anilines is 1. The number of nitrogens with zero attached hydrogens (tertiary/aromatic N) is 1. The molecule has 0 saturated carbocycles. The first kappa shape index (κ1) is 16.9. The Balaban J connectivity index is 3.09. The molecule has 0 aromatic carbocycles. The zero-order valence-electron chi connectivity index (χ0n) is 13.0. The average Bonchev–Trinajstić information content (AvgIpc) is 2.64. The Morgan fingerprint density at radius 2 is 2.00 bits per heavy atom. The number of methoxy groups -OCH3 is 1. The van der Waals surface area contributed by atoms with Gasteiger partial charge in [-0.1, -0.05) is 6.92 Å². The molecule has 1 aromatic rings. The summed E-state index contributed by atoms with van der Waals surface area (Å²) in [7, 11) is 1.36. The van der Waals surface area contributed by atoms with Gasteiger partial charge in [0.2, 0.25) is 0 Å². The lowest BCUT2D eigenvalue weighted by molar-refractivity contribution is 0.0631. The first-order chi connectivity index (χ1) is 9.69. The molecule has 1 amide bonds. The molecule has 0 unspecified atom stereocenters. The Morgan fingerprint density at radius 3 is 2.43 bits per heavy atom. The third-order valence-electron chi connectivity index (χ3n) is 2.54. The zero-order chi connectivity index (χ0) is 16.2. The Morgan fingerprint density at radius 1 is 1.38 bits per heavy atom. The van der Waals surface area contributed by atoms with E-state index in [1.165, 1.54) is 17.9 Å². The van der Waals surface area contributed by atoms with Gasteiger partial charge in [0, 0.05) is 12.7 Å². The van der Waals surface area contributed by atoms with Gasteiger partial charge < -0.3 is 19.1 Å². The van der Waals surface area contributed by atoms with Crippen molar-refractivity contribution in [2.45, 2.75) is 46.3 Å². The normalized spacial score (nSPS) is 11.1. The predicted octanol–water partition coefficient (Wildman–Crippen LogP) is 2.95. The van der Waals surface area contributed by atoms with E-state index in [1.54, 1.807) is 20.8 Å². The van der Waals surface area contributed by atoms with Crippen molar-refractivity contribution in [2.75, 3.05) is 12.4 Å². The number of carboxylic acids is 1. The van der Waals surface area contributed by atoms with Crippen LogP contribution in [0.1, 0.15) is 44.6 Å². The van der Waals surface area contributed by atoms with Gasteiger partial charge in [0.25, 0.3) is 0 Å². The maximum Gasteiger partial charge on any atom is 0.412 e. The van der Waals surface area contributed by atoms with Crippen LogP contribution in [-0.4, -0.2) is 34.4 Å². The molecule has 7 heteroatoms. The fourth-order valence-electron chi connectivity index (χ4n) is 1.88. The highest BCUT2D eigenvalue weighted by Crippen LogP contribution is 2.32. The number of nitrogens with one attached hydrogen (secondary N) is 1. The lowest BCUT2D eigenvalue weighted by Gasteiger charge is -2.19. The molecule has 0 fully saturated rings. The fraction of sp³-hybridized carbons (Fsp3) is 0.571. The van der Waals surface area contributed by atoms with Gasteiger partial charge in [-0.25, -0.2) is 9.59 Å². The summed E-state index contributed by atoms with van der Waals surface area (Å²) in [5.74, 6) is -1.00. The van der Waals surface area contributed by atoms with E-state index in [-0.39, 0.29) is 17.1 Å². The quantitative estimate of drug-likeness (QED) is 0.872. The molecule has 0 atom stereocenters. The molecule has 0 bridgehead atoms. The van der Waals surface area contributed by atoms with Gasteiger partial charge in [0.1, 0.15) is 11.3 Å². The number of hydrogen-bond acceptors (Lipinski definition) is 4. The summed E-state index contributed by atoms with van der Waals surface area (Å²) in [4.78, 5) is 23.2. The average molecular weight is 298 g/mol. The third kappa shape index (κ3) is 4.40. The molecule has 1 heterocycles. The zero-order valence-corrected chi connectivity index (χ0v) is 13.0. The number of carboxylic acid groups (broad SMARTS) is 1. The van der Waals surface area contributed by atoms with E-state index in [9.17, 15) is 14.7 Å². The number of carbonyl (C=O) groups excluding carboxylic acids is 1. The van der Waals surface area contributed by atoms with Crippen LogP contribution >= 0.6 is 0 Å². The van der Waals surface area contributed by atoms with Crippen LogP contribution in [0.25, 0.3) is 0 Å². The van der Waals surface area contributed by atoms with E-state index >= 15 is 0 Å². The Bertz CT molecular complexity index is 528. The smallest absolute Gasteiger partial charge is 0.412 e. The third-order valence-corrected chi connectivity index (χ3v) is 2.54. The number of carbonyl (C=O) groups is 2. The molecule has 2 N–H and O–H groups in total. The molecule has 0 aliphatic heterocycles. The summed E-state index contributed by atoms with van der Waals surface area (Å²) in [5, 5.41) is 11.8. The van der Waals surface area contributed by atoms with Crippen molar-refractivity contribution < 1.29 is 24.2 Å². The van der Waals surface area contributed by atoms with Gasteiger partial charge in [0.05, 0.1) is 7.11 Å². The molecule has 0 aliphatic rings. The van der Waals surface area contributed by atoms with Crippen molar-refractivity contribution in [3.63, 3.8) is 0 Å². The number of hydrogen-bond donors (Lipinski definition) is 2. The molecule has 118 valence electrons. The van der Waals surface area contributed by atoms with Crippen molar-refractivity contribution in [3.05, 3.63) is 11.9 Å². The largest absolute Gasteiger partial charge is 0.492 e. The fourth-order valence-corrected chi connectivity index (χ4v) is 1.88. The molecular formula is C14H22N2O5. The molecule has 0 spiro atoms. The van der Waals surface area contributed by atoms with Crippen molar-refractivity contribution in [1.82, 2.24) is 4.57 Å². The van der Waals surface area contributed by atoms with Crippen LogP contribution in [0, 0.1) is 0 Å². The summed E-state index contributed by atoms with van der Waals surface area (Å²) in [5.41, 5.74) is -0.359. The van der Waals surface area contributed by atoms with Crippen LogP contribution in [0.5, 0.6) is 5.75 Å². The minimum Gasteiger partial charge on any atom is -0.492 e. The number of aryl methyl sites for hydroxylation is 1. The molecule has 1 aromatic heterocycles. The second-order valence-corrected chi connectivity index (χ2v) is 5.55. The van der Waals surface area contributed by atoms with Gasteiger partial charge in [-0.05, 0) is 27.2 Å². The van der Waals surface area contributed by atoms with Crippen LogP contribution in [0.15, 0.2) is 6.20 Å². The lowest BCUT2D eigenvalue weighted by atomic mass is 10.2. The first-order valence-corrected chi connectivity index (χ1v) is 6.70. The minimum absolute atomic E-state index is 0.00501. The molecule has 0 radical (unpaired) electrons. The molecule has 1 rings (SSSR count). The monoisotopic (exact) mass is 298 g/mol. The summed E-state index contributed by atoms with van der Waals surface area (Å²) < 4.78 is 11.8. The predicted molar refractivity (Wildman–Crippen MR) is 78.1 cm³/mol. The Kier molecular flexibility index (Phi) is 5.23. The van der Waals surface area contributed by atoms with Gasteiger partial charge in [0.15, 0.2) is 11.4 Å². The maximum absolute atomic E-state index is 11.8. The van der Waals surface area contributed by atoms with Crippen LogP contribution in [0.4, 0.5) is 10.5 Å². The van der Waals surface area contributed by atoms with E-state index in [4.69, 9.17) is 9.47 Å². The molecular weight excluding hydrogens is 276 g/mol. The molecule has 0 aliphatic carbocycles. The maximum atomic E-state index is 11.8. The van der Waals surface area contributed by atoms with Gasteiger partial charge >= 0.3 is 12.1 Å². The van der Waals surface area contributed by atoms with Gasteiger partial charge in [-0.2, -0.15) is 0 Å². The number of amides is 1. The van der Waals surface area contributed by atoms with E-state index in [0.717, 1.165) is 6.42 Å². The summed E-state index contributed by atoms with van der Waals surface area (Å²) in [6.45, 7) is 7.67. The van der Waals surface area contributed by atoms with E-state index in [2.05, 4.69) is 5.32 Å². The van der Waals surface area contributed by atoms with Crippen molar-refractivity contribution in [2.24, 2.45) is 0 Å². The van der Waals surface area contributed by atoms with E-state index in [0.29, 0.717) is 6.54 Å². The van der Waals surface area contributed by atoms with Crippen LogP contribution in [-0.2, 0) is 11.3 Å². The first-order valence-electron chi connectivity index (χ1n) is 6.70. The highest BCUT2D eigenvalue weighted by Gasteiger charge is 2.25. The van der Waals surface area contributed by atoms with Crippen molar-refractivity contribution in [3.8, 4) is 5.75 Å². The second-order valence-electron chi connectivity index (χ2n) is 5.55. The standard InChI is InChI=1S/C14H22N2O5/c1-6-7-16-8-9(11(20-5)10(16)12(17)18)15-13(19)21-14(2,3)4/h8H,6-7H2,1-5H3,(H,15,19)(H,17,18). The van der Waals surface area contributed by atoms with Gasteiger partial charge in [-0.15, -0.1) is 0 Å². The molecule has 21 heavy (non-hydrogen) atoms. The van der Waals surface area contributed by atoms with Gasteiger partial charge in [-0.3, -0.25) is 5.32 Å². The molecule has 0 saturated heterocycles. The summed E-state index contributed by atoms with van der Waals surface area (Å²) in [6.07, 6.45) is 1.63. The van der Waals surface area contributed by atoms with E-state index in [1.807, 2.05) is 6.92 Å².